The minimum atomic E-state index is -0.532. The molecule has 0 saturated carbocycles. The van der Waals surface area contributed by atoms with Crippen molar-refractivity contribution in [3.05, 3.63) is 60.2 Å². The lowest BCUT2D eigenvalue weighted by atomic mass is 10.2. The van der Waals surface area contributed by atoms with Crippen molar-refractivity contribution in [2.75, 3.05) is 16.8 Å². The van der Waals surface area contributed by atoms with Gasteiger partial charge < -0.3 is 4.90 Å². The van der Waals surface area contributed by atoms with Gasteiger partial charge in [-0.25, -0.2) is 4.90 Å². The molecule has 0 bridgehead atoms. The largest absolute Gasteiger partial charge is 0.354 e. The highest BCUT2D eigenvalue weighted by Gasteiger charge is 2.43. The van der Waals surface area contributed by atoms with Crippen LogP contribution in [0.15, 0.2) is 54.6 Å². The van der Waals surface area contributed by atoms with Crippen LogP contribution in [0, 0.1) is 6.92 Å². The van der Waals surface area contributed by atoms with E-state index in [4.69, 9.17) is 0 Å². The summed E-state index contributed by atoms with van der Waals surface area (Å²) in [6.45, 7) is 1.94. The van der Waals surface area contributed by atoms with Gasteiger partial charge in [0.15, 0.2) is 5.37 Å². The highest BCUT2D eigenvalue weighted by Crippen LogP contribution is 2.35. The van der Waals surface area contributed by atoms with Gasteiger partial charge in [0.25, 0.3) is 11.1 Å². The van der Waals surface area contributed by atoms with Gasteiger partial charge in [-0.2, -0.15) is 0 Å². The van der Waals surface area contributed by atoms with Crippen LogP contribution in [-0.4, -0.2) is 23.6 Å². The number of imide groups is 1. The van der Waals surface area contributed by atoms with Crippen molar-refractivity contribution < 1.29 is 9.59 Å². The lowest BCUT2D eigenvalue weighted by Gasteiger charge is -2.24. The topological polar surface area (TPSA) is 40.6 Å². The minimum Gasteiger partial charge on any atom is -0.354 e. The molecule has 0 N–H and O–H groups in total. The molecule has 0 spiro atoms. The van der Waals surface area contributed by atoms with E-state index >= 15 is 0 Å². The molecule has 2 amide bonds. The molecule has 0 unspecified atom stereocenters. The average molecular weight is 312 g/mol. The van der Waals surface area contributed by atoms with Gasteiger partial charge in [0.2, 0.25) is 0 Å². The summed E-state index contributed by atoms with van der Waals surface area (Å²) in [4.78, 5) is 28.1. The number of carbonyl (C=O) groups excluding carboxylic acids is 2. The highest BCUT2D eigenvalue weighted by atomic mass is 32.2. The Balaban J connectivity index is 1.89. The van der Waals surface area contributed by atoms with E-state index in [1.807, 2.05) is 67.4 Å². The third kappa shape index (κ3) is 2.60. The van der Waals surface area contributed by atoms with Crippen LogP contribution in [-0.2, 0) is 4.79 Å². The van der Waals surface area contributed by atoms with E-state index in [-0.39, 0.29) is 11.1 Å². The molecule has 0 aromatic heterocycles. The van der Waals surface area contributed by atoms with Crippen molar-refractivity contribution >= 4 is 34.3 Å². The Hall–Kier alpha value is -2.27. The number of benzene rings is 2. The molecule has 0 radical (unpaired) electrons. The van der Waals surface area contributed by atoms with Crippen LogP contribution in [0.25, 0.3) is 0 Å². The van der Waals surface area contributed by atoms with E-state index in [9.17, 15) is 9.59 Å². The van der Waals surface area contributed by atoms with Gasteiger partial charge in [-0.15, -0.1) is 0 Å². The minimum absolute atomic E-state index is 0.202. The van der Waals surface area contributed by atoms with Crippen LogP contribution in [0.3, 0.4) is 0 Å². The summed E-state index contributed by atoms with van der Waals surface area (Å²) in [6.07, 6.45) is 0. The number of hydrogen-bond donors (Lipinski definition) is 0. The molecule has 5 heteroatoms. The summed E-state index contributed by atoms with van der Waals surface area (Å²) in [5.74, 6) is -0.202. The lowest BCUT2D eigenvalue weighted by molar-refractivity contribution is -0.116. The molecule has 1 aliphatic rings. The lowest BCUT2D eigenvalue weighted by Crippen LogP contribution is -2.39. The van der Waals surface area contributed by atoms with Crippen LogP contribution in [0.1, 0.15) is 5.56 Å². The molecule has 2 aromatic carbocycles. The van der Waals surface area contributed by atoms with Crippen LogP contribution in [0.5, 0.6) is 0 Å². The molecule has 3 rings (SSSR count). The molecule has 2 aromatic rings. The van der Waals surface area contributed by atoms with E-state index < -0.39 is 5.37 Å². The Labute approximate surface area is 133 Å². The van der Waals surface area contributed by atoms with Gasteiger partial charge in [-0.3, -0.25) is 9.59 Å². The molecule has 1 saturated heterocycles. The van der Waals surface area contributed by atoms with Crippen molar-refractivity contribution in [2.24, 2.45) is 0 Å². The molecule has 4 nitrogen and oxygen atoms in total. The standard InChI is InChI=1S/C17H16N2O2S/c1-12-7-6-10-14(11-12)19-15(20)16(22-17(19)21)18(2)13-8-4-3-5-9-13/h3-11,16H,1-2H3/t16-/m1/s1. The number of nitrogens with zero attached hydrogens (tertiary/aromatic N) is 2. The number of aryl methyl sites for hydroxylation is 1. The molecule has 1 fully saturated rings. The first-order valence-electron chi connectivity index (χ1n) is 6.97. The zero-order valence-corrected chi connectivity index (χ0v) is 13.2. The number of rotatable bonds is 3. The second kappa shape index (κ2) is 5.85. The van der Waals surface area contributed by atoms with Crippen LogP contribution < -0.4 is 9.80 Å². The van der Waals surface area contributed by atoms with Crippen molar-refractivity contribution in [2.45, 2.75) is 12.3 Å². The van der Waals surface area contributed by atoms with Crippen molar-refractivity contribution in [1.29, 1.82) is 0 Å². The first kappa shape index (κ1) is 14.7. The van der Waals surface area contributed by atoms with E-state index in [0.717, 1.165) is 23.0 Å². The Morgan fingerprint density at radius 3 is 2.45 bits per heavy atom. The SMILES string of the molecule is Cc1cccc(N2C(=O)S[C@@H](N(C)c3ccccc3)C2=O)c1. The smallest absolute Gasteiger partial charge is 0.295 e. The Kier molecular flexibility index (Phi) is 3.90. The molecule has 1 aliphatic heterocycles. The first-order chi connectivity index (χ1) is 10.6. The molecule has 22 heavy (non-hydrogen) atoms. The Morgan fingerprint density at radius 2 is 1.77 bits per heavy atom. The summed E-state index contributed by atoms with van der Waals surface area (Å²) in [7, 11) is 1.83. The number of carbonyl (C=O) groups is 2. The van der Waals surface area contributed by atoms with Gasteiger partial charge in [-0.1, -0.05) is 30.3 Å². The summed E-state index contributed by atoms with van der Waals surface area (Å²) in [5, 5.41) is -0.765. The molecular formula is C17H16N2O2S. The first-order valence-corrected chi connectivity index (χ1v) is 7.85. The van der Waals surface area contributed by atoms with E-state index in [2.05, 4.69) is 0 Å². The van der Waals surface area contributed by atoms with Crippen LogP contribution in [0.2, 0.25) is 0 Å². The van der Waals surface area contributed by atoms with Gasteiger partial charge in [0.05, 0.1) is 5.69 Å². The third-order valence-corrected chi connectivity index (χ3v) is 4.73. The number of para-hydroxylation sites is 1. The van der Waals surface area contributed by atoms with Crippen molar-refractivity contribution in [3.63, 3.8) is 0 Å². The van der Waals surface area contributed by atoms with Crippen molar-refractivity contribution in [1.82, 2.24) is 0 Å². The monoisotopic (exact) mass is 312 g/mol. The molecule has 1 atom stereocenters. The quantitative estimate of drug-likeness (QED) is 0.867. The highest BCUT2D eigenvalue weighted by molar-refractivity contribution is 8.16. The number of thioether (sulfide) groups is 1. The summed E-state index contributed by atoms with van der Waals surface area (Å²) in [6, 6.07) is 17.0. The maximum Gasteiger partial charge on any atom is 0.295 e. The van der Waals surface area contributed by atoms with Gasteiger partial charge in [0.1, 0.15) is 0 Å². The molecule has 1 heterocycles. The van der Waals surface area contributed by atoms with E-state index in [0.29, 0.717) is 5.69 Å². The Morgan fingerprint density at radius 1 is 1.05 bits per heavy atom. The summed E-state index contributed by atoms with van der Waals surface area (Å²) < 4.78 is 0. The maximum atomic E-state index is 12.7. The predicted octanol–water partition coefficient (Wildman–Crippen LogP) is 3.66. The fourth-order valence-electron chi connectivity index (χ4n) is 2.44. The second-order valence-electron chi connectivity index (χ2n) is 5.20. The second-order valence-corrected chi connectivity index (χ2v) is 6.23. The average Bonchev–Trinajstić information content (AvgIpc) is 2.82. The molecular weight excluding hydrogens is 296 g/mol. The number of amides is 2. The summed E-state index contributed by atoms with van der Waals surface area (Å²) >= 11 is 1.05. The zero-order valence-electron chi connectivity index (χ0n) is 12.4. The number of hydrogen-bond acceptors (Lipinski definition) is 4. The van der Waals surface area contributed by atoms with Crippen molar-refractivity contribution in [3.8, 4) is 0 Å². The fourth-order valence-corrected chi connectivity index (χ4v) is 3.42. The number of anilines is 2. The van der Waals surface area contributed by atoms with E-state index in [1.165, 1.54) is 4.90 Å². The molecule has 112 valence electrons. The fraction of sp³-hybridized carbons (Fsp3) is 0.176. The predicted molar refractivity (Wildman–Crippen MR) is 90.3 cm³/mol. The van der Waals surface area contributed by atoms with Crippen LogP contribution >= 0.6 is 11.8 Å². The number of likely N-dealkylation sites (N-methyl/N-ethyl adjacent to an activating group) is 1. The van der Waals surface area contributed by atoms with E-state index in [1.54, 1.807) is 6.07 Å². The summed E-state index contributed by atoms with van der Waals surface area (Å²) in [5.41, 5.74) is 2.56. The maximum absolute atomic E-state index is 12.7. The van der Waals surface area contributed by atoms with Crippen LogP contribution in [0.4, 0.5) is 16.2 Å². The third-order valence-electron chi connectivity index (χ3n) is 3.60. The Bertz CT molecular complexity index is 718. The zero-order chi connectivity index (χ0) is 15.7. The molecule has 0 aliphatic carbocycles. The van der Waals surface area contributed by atoms with Gasteiger partial charge in [0, 0.05) is 12.7 Å². The normalized spacial score (nSPS) is 17.9. The van der Waals surface area contributed by atoms with Gasteiger partial charge in [-0.05, 0) is 48.5 Å². The van der Waals surface area contributed by atoms with Gasteiger partial charge >= 0.3 is 0 Å².